The van der Waals surface area contributed by atoms with Gasteiger partial charge < -0.3 is 4.74 Å². The summed E-state index contributed by atoms with van der Waals surface area (Å²) in [5, 5.41) is 0. The molecule has 1 nitrogen and oxygen atoms in total. The molecular weight excluding hydrogens is 112 g/mol. The summed E-state index contributed by atoms with van der Waals surface area (Å²) in [4.78, 5) is 0. The third-order valence-corrected chi connectivity index (χ3v) is 1.33. The minimum absolute atomic E-state index is 0.183. The first kappa shape index (κ1) is 6.40. The van der Waals surface area contributed by atoms with Gasteiger partial charge in [0.2, 0.25) is 0 Å². The van der Waals surface area contributed by atoms with Gasteiger partial charge >= 0.3 is 0 Å². The SMILES string of the molecule is CC1=CC(C)(C)C=CO1. The molecule has 1 aliphatic rings. The Morgan fingerprint density at radius 3 is 2.44 bits per heavy atom. The molecule has 0 aromatic heterocycles. The van der Waals surface area contributed by atoms with Crippen LogP contribution in [0.25, 0.3) is 0 Å². The Balaban J connectivity index is 2.78. The molecule has 0 N–H and O–H groups in total. The van der Waals surface area contributed by atoms with Gasteiger partial charge in [-0.15, -0.1) is 0 Å². The Morgan fingerprint density at radius 2 is 2.11 bits per heavy atom. The summed E-state index contributed by atoms with van der Waals surface area (Å²) >= 11 is 0. The van der Waals surface area contributed by atoms with Crippen LogP contribution in [0.1, 0.15) is 20.8 Å². The highest BCUT2D eigenvalue weighted by molar-refractivity contribution is 5.12. The van der Waals surface area contributed by atoms with Gasteiger partial charge in [0.1, 0.15) is 0 Å². The molecule has 0 bridgehead atoms. The lowest BCUT2D eigenvalue weighted by Crippen LogP contribution is -2.07. The minimum Gasteiger partial charge on any atom is -0.470 e. The smallest absolute Gasteiger partial charge is 0.0969 e. The Bertz CT molecular complexity index is 163. The van der Waals surface area contributed by atoms with Crippen LogP contribution in [0.15, 0.2) is 24.2 Å². The molecule has 0 saturated carbocycles. The van der Waals surface area contributed by atoms with Crippen molar-refractivity contribution in [1.82, 2.24) is 0 Å². The van der Waals surface area contributed by atoms with Gasteiger partial charge in [-0.25, -0.2) is 0 Å². The zero-order valence-corrected chi connectivity index (χ0v) is 6.14. The monoisotopic (exact) mass is 124 g/mol. The molecule has 0 spiro atoms. The van der Waals surface area contributed by atoms with Crippen molar-refractivity contribution >= 4 is 0 Å². The molecule has 0 aliphatic carbocycles. The maximum atomic E-state index is 5.09. The van der Waals surface area contributed by atoms with Gasteiger partial charge in [-0.1, -0.05) is 13.8 Å². The second-order valence-electron chi connectivity index (χ2n) is 3.00. The average molecular weight is 124 g/mol. The first-order valence-electron chi connectivity index (χ1n) is 3.14. The van der Waals surface area contributed by atoms with E-state index >= 15 is 0 Å². The minimum atomic E-state index is 0.183. The largest absolute Gasteiger partial charge is 0.470 e. The van der Waals surface area contributed by atoms with Crippen LogP contribution >= 0.6 is 0 Å². The maximum Gasteiger partial charge on any atom is 0.0969 e. The van der Waals surface area contributed by atoms with Gasteiger partial charge in [-0.3, -0.25) is 0 Å². The van der Waals surface area contributed by atoms with Gasteiger partial charge in [-0.05, 0) is 19.1 Å². The van der Waals surface area contributed by atoms with E-state index in [1.807, 2.05) is 13.0 Å². The van der Waals surface area contributed by atoms with E-state index in [4.69, 9.17) is 4.74 Å². The lowest BCUT2D eigenvalue weighted by molar-refractivity contribution is 0.321. The van der Waals surface area contributed by atoms with Crippen LogP contribution in [0.4, 0.5) is 0 Å². The van der Waals surface area contributed by atoms with Crippen LogP contribution in [0.5, 0.6) is 0 Å². The molecule has 1 heteroatoms. The predicted octanol–water partition coefficient (Wildman–Crippen LogP) is 2.46. The van der Waals surface area contributed by atoms with E-state index in [1.54, 1.807) is 6.26 Å². The van der Waals surface area contributed by atoms with E-state index < -0.39 is 0 Å². The second-order valence-corrected chi connectivity index (χ2v) is 3.00. The van der Waals surface area contributed by atoms with Crippen molar-refractivity contribution in [3.63, 3.8) is 0 Å². The summed E-state index contributed by atoms with van der Waals surface area (Å²) in [5.41, 5.74) is 0.183. The highest BCUT2D eigenvalue weighted by Gasteiger charge is 2.13. The Hall–Kier alpha value is -0.720. The zero-order chi connectivity index (χ0) is 6.91. The Labute approximate surface area is 56.0 Å². The number of hydrogen-bond donors (Lipinski definition) is 0. The van der Waals surface area contributed by atoms with Crippen molar-refractivity contribution < 1.29 is 4.74 Å². The van der Waals surface area contributed by atoms with Crippen LogP contribution in [0.2, 0.25) is 0 Å². The molecule has 1 aliphatic heterocycles. The zero-order valence-electron chi connectivity index (χ0n) is 6.14. The standard InChI is InChI=1S/C8H12O/c1-7-6-8(2,3)4-5-9-7/h4-6H,1-3H3. The molecule has 0 fully saturated rings. The van der Waals surface area contributed by atoms with Crippen LogP contribution < -0.4 is 0 Å². The summed E-state index contributed by atoms with van der Waals surface area (Å²) in [6.45, 7) is 6.26. The summed E-state index contributed by atoms with van der Waals surface area (Å²) in [5.74, 6) is 0.988. The van der Waals surface area contributed by atoms with Crippen LogP contribution in [-0.4, -0.2) is 0 Å². The summed E-state index contributed by atoms with van der Waals surface area (Å²) in [7, 11) is 0. The lowest BCUT2D eigenvalue weighted by atomic mass is 9.92. The molecule has 1 rings (SSSR count). The van der Waals surface area contributed by atoms with E-state index in [2.05, 4.69) is 19.9 Å². The molecule has 0 aromatic carbocycles. The topological polar surface area (TPSA) is 9.23 Å². The number of hydrogen-bond acceptors (Lipinski definition) is 1. The molecule has 0 aromatic rings. The number of rotatable bonds is 0. The van der Waals surface area contributed by atoms with Crippen LogP contribution in [0, 0.1) is 5.41 Å². The average Bonchev–Trinajstić information content (AvgIpc) is 1.60. The van der Waals surface area contributed by atoms with Gasteiger partial charge in [0.05, 0.1) is 12.0 Å². The lowest BCUT2D eigenvalue weighted by Gasteiger charge is -2.19. The third-order valence-electron chi connectivity index (χ3n) is 1.33. The van der Waals surface area contributed by atoms with Gasteiger partial charge in [0, 0.05) is 5.41 Å². The van der Waals surface area contributed by atoms with Crippen LogP contribution in [0.3, 0.4) is 0 Å². The van der Waals surface area contributed by atoms with E-state index in [0.717, 1.165) is 5.76 Å². The van der Waals surface area contributed by atoms with Crippen molar-refractivity contribution in [2.45, 2.75) is 20.8 Å². The molecule has 1 heterocycles. The summed E-state index contributed by atoms with van der Waals surface area (Å²) < 4.78 is 5.09. The van der Waals surface area contributed by atoms with E-state index in [9.17, 15) is 0 Å². The quantitative estimate of drug-likeness (QED) is 0.482. The number of ether oxygens (including phenoxy) is 1. The van der Waals surface area contributed by atoms with Crippen molar-refractivity contribution in [1.29, 1.82) is 0 Å². The first-order chi connectivity index (χ1) is 4.10. The third kappa shape index (κ3) is 1.60. The van der Waals surface area contributed by atoms with E-state index in [1.165, 1.54) is 0 Å². The summed E-state index contributed by atoms with van der Waals surface area (Å²) in [6, 6.07) is 0. The Morgan fingerprint density at radius 1 is 1.44 bits per heavy atom. The van der Waals surface area contributed by atoms with E-state index in [-0.39, 0.29) is 5.41 Å². The van der Waals surface area contributed by atoms with Crippen molar-refractivity contribution in [2.75, 3.05) is 0 Å². The molecule has 0 unspecified atom stereocenters. The van der Waals surface area contributed by atoms with Gasteiger partial charge in [0.25, 0.3) is 0 Å². The Kier molecular flexibility index (Phi) is 1.35. The first-order valence-corrected chi connectivity index (χ1v) is 3.14. The molecule has 0 atom stereocenters. The highest BCUT2D eigenvalue weighted by Crippen LogP contribution is 2.24. The van der Waals surface area contributed by atoms with Crippen molar-refractivity contribution in [2.24, 2.45) is 5.41 Å². The summed E-state index contributed by atoms with van der Waals surface area (Å²) in [6.07, 6.45) is 5.89. The molecule has 9 heavy (non-hydrogen) atoms. The molecule has 0 amide bonds. The fraction of sp³-hybridized carbons (Fsp3) is 0.500. The fourth-order valence-corrected chi connectivity index (χ4v) is 0.923. The highest BCUT2D eigenvalue weighted by atomic mass is 16.5. The van der Waals surface area contributed by atoms with Gasteiger partial charge in [-0.2, -0.15) is 0 Å². The molecule has 0 saturated heterocycles. The fourth-order valence-electron chi connectivity index (χ4n) is 0.923. The van der Waals surface area contributed by atoms with Gasteiger partial charge in [0.15, 0.2) is 0 Å². The predicted molar refractivity (Wildman–Crippen MR) is 37.8 cm³/mol. The second kappa shape index (κ2) is 1.90. The van der Waals surface area contributed by atoms with E-state index in [0.29, 0.717) is 0 Å². The van der Waals surface area contributed by atoms with Crippen molar-refractivity contribution in [3.8, 4) is 0 Å². The molecular formula is C8H12O. The van der Waals surface area contributed by atoms with Crippen LogP contribution in [-0.2, 0) is 4.74 Å². The molecule has 50 valence electrons. The maximum absolute atomic E-state index is 5.09. The van der Waals surface area contributed by atoms with Crippen molar-refractivity contribution in [3.05, 3.63) is 24.2 Å². The normalized spacial score (nSPS) is 22.8. The number of allylic oxidation sites excluding steroid dienone is 3. The molecule has 0 radical (unpaired) electrons.